The maximum absolute atomic E-state index is 11.6. The molecular formula is C14H17ClN2O3. The van der Waals surface area contributed by atoms with E-state index in [4.69, 9.17) is 22.4 Å². The van der Waals surface area contributed by atoms with Crippen LogP contribution in [0.4, 0.5) is 0 Å². The number of nitrogens with zero attached hydrogens (tertiary/aromatic N) is 1. The van der Waals surface area contributed by atoms with Gasteiger partial charge in [0.15, 0.2) is 0 Å². The van der Waals surface area contributed by atoms with E-state index >= 15 is 0 Å². The number of amides is 1. The first-order valence-electron chi connectivity index (χ1n) is 6.45. The van der Waals surface area contributed by atoms with Crippen LogP contribution in [0, 0.1) is 0 Å². The number of carbonyl (C=O) groups excluding carboxylic acids is 1. The Bertz CT molecular complexity index is 521. The van der Waals surface area contributed by atoms with E-state index in [1.165, 1.54) is 0 Å². The Morgan fingerprint density at radius 1 is 1.45 bits per heavy atom. The molecule has 2 atom stereocenters. The number of benzene rings is 1. The molecule has 1 aliphatic rings. The Balaban J connectivity index is 2.13. The molecule has 1 fully saturated rings. The number of carboxylic acids is 1. The van der Waals surface area contributed by atoms with Gasteiger partial charge in [-0.3, -0.25) is 4.79 Å². The monoisotopic (exact) mass is 296 g/mol. The van der Waals surface area contributed by atoms with E-state index in [1.807, 2.05) is 6.07 Å². The largest absolute Gasteiger partial charge is 0.478 e. The average molecular weight is 297 g/mol. The molecule has 1 saturated heterocycles. The quantitative estimate of drug-likeness (QED) is 0.823. The van der Waals surface area contributed by atoms with E-state index in [1.54, 1.807) is 23.1 Å². The maximum atomic E-state index is 11.6. The third kappa shape index (κ3) is 3.11. The van der Waals surface area contributed by atoms with Gasteiger partial charge in [0.1, 0.15) is 5.88 Å². The molecule has 1 aromatic rings. The third-order valence-electron chi connectivity index (χ3n) is 3.69. The molecule has 0 radical (unpaired) electrons. The van der Waals surface area contributed by atoms with Crippen molar-refractivity contribution in [3.8, 4) is 0 Å². The van der Waals surface area contributed by atoms with Crippen LogP contribution in [-0.2, 0) is 4.79 Å². The molecule has 1 amide bonds. The van der Waals surface area contributed by atoms with Gasteiger partial charge in [0.25, 0.3) is 0 Å². The molecule has 2 rings (SSSR count). The Morgan fingerprint density at radius 2 is 2.20 bits per heavy atom. The van der Waals surface area contributed by atoms with Crippen molar-refractivity contribution in [1.29, 1.82) is 0 Å². The molecule has 5 nitrogen and oxygen atoms in total. The van der Waals surface area contributed by atoms with Crippen LogP contribution in [-0.4, -0.2) is 46.9 Å². The smallest absolute Gasteiger partial charge is 0.335 e. The fourth-order valence-corrected chi connectivity index (χ4v) is 2.78. The summed E-state index contributed by atoms with van der Waals surface area (Å²) in [5, 5.41) is 9.02. The van der Waals surface area contributed by atoms with Gasteiger partial charge in [-0.1, -0.05) is 12.1 Å². The summed E-state index contributed by atoms with van der Waals surface area (Å²) in [6.45, 7) is 1.05. The Morgan fingerprint density at radius 3 is 2.80 bits per heavy atom. The number of carboxylic acid groups (broad SMARTS) is 1. The number of carbonyl (C=O) groups is 2. The lowest BCUT2D eigenvalue weighted by atomic mass is 9.85. The normalized spacial score (nSPS) is 22.6. The number of aromatic carboxylic acids is 1. The highest BCUT2D eigenvalue weighted by Gasteiger charge is 2.30. The summed E-state index contributed by atoms with van der Waals surface area (Å²) in [5.74, 6) is -1.03. The summed E-state index contributed by atoms with van der Waals surface area (Å²) < 4.78 is 0. The maximum Gasteiger partial charge on any atom is 0.335 e. The number of rotatable bonds is 3. The van der Waals surface area contributed by atoms with Crippen molar-refractivity contribution in [3.63, 3.8) is 0 Å². The minimum atomic E-state index is -0.949. The van der Waals surface area contributed by atoms with Crippen LogP contribution in [0.1, 0.15) is 28.3 Å². The molecule has 1 heterocycles. The lowest BCUT2D eigenvalue weighted by Gasteiger charge is -2.36. The van der Waals surface area contributed by atoms with Crippen molar-refractivity contribution >= 4 is 23.5 Å². The van der Waals surface area contributed by atoms with Gasteiger partial charge in [-0.25, -0.2) is 4.79 Å². The highest BCUT2D eigenvalue weighted by molar-refractivity contribution is 6.27. The number of hydrogen-bond acceptors (Lipinski definition) is 3. The van der Waals surface area contributed by atoms with E-state index < -0.39 is 5.97 Å². The molecule has 6 heteroatoms. The van der Waals surface area contributed by atoms with Crippen molar-refractivity contribution in [2.75, 3.05) is 19.0 Å². The van der Waals surface area contributed by atoms with Gasteiger partial charge in [-0.2, -0.15) is 0 Å². The van der Waals surface area contributed by atoms with E-state index in [0.29, 0.717) is 19.5 Å². The summed E-state index contributed by atoms with van der Waals surface area (Å²) >= 11 is 5.54. The predicted molar refractivity (Wildman–Crippen MR) is 76.0 cm³/mol. The van der Waals surface area contributed by atoms with Crippen LogP contribution in [0.25, 0.3) is 0 Å². The number of hydrogen-bond donors (Lipinski definition) is 2. The summed E-state index contributed by atoms with van der Waals surface area (Å²) in [5.41, 5.74) is 7.31. The fourth-order valence-electron chi connectivity index (χ4n) is 2.61. The number of nitrogens with two attached hydrogens (primary N) is 1. The second-order valence-electron chi connectivity index (χ2n) is 4.96. The highest BCUT2D eigenvalue weighted by atomic mass is 35.5. The Kier molecular flexibility index (Phi) is 4.62. The second-order valence-corrected chi connectivity index (χ2v) is 5.23. The van der Waals surface area contributed by atoms with Crippen LogP contribution in [0.15, 0.2) is 24.3 Å². The van der Waals surface area contributed by atoms with Crippen molar-refractivity contribution < 1.29 is 14.7 Å². The minimum Gasteiger partial charge on any atom is -0.478 e. The highest BCUT2D eigenvalue weighted by Crippen LogP contribution is 2.28. The molecule has 0 bridgehead atoms. The first-order valence-corrected chi connectivity index (χ1v) is 6.99. The molecule has 2 unspecified atom stereocenters. The van der Waals surface area contributed by atoms with E-state index in [-0.39, 0.29) is 29.3 Å². The van der Waals surface area contributed by atoms with Crippen LogP contribution in [0.5, 0.6) is 0 Å². The van der Waals surface area contributed by atoms with Gasteiger partial charge in [0.2, 0.25) is 5.91 Å². The molecule has 0 aromatic heterocycles. The summed E-state index contributed by atoms with van der Waals surface area (Å²) in [6.07, 6.45) is 0.715. The average Bonchev–Trinajstić information content (AvgIpc) is 2.46. The fraction of sp³-hybridized carbons (Fsp3) is 0.429. The van der Waals surface area contributed by atoms with Gasteiger partial charge in [0.05, 0.1) is 5.56 Å². The second kappa shape index (κ2) is 6.24. The van der Waals surface area contributed by atoms with Gasteiger partial charge in [-0.15, -0.1) is 11.6 Å². The lowest BCUT2D eigenvalue weighted by Crippen LogP contribution is -2.50. The molecule has 0 aliphatic carbocycles. The Labute approximate surface area is 122 Å². The number of likely N-dealkylation sites (tertiary alicyclic amines) is 1. The molecule has 1 aliphatic heterocycles. The number of alkyl halides is 1. The van der Waals surface area contributed by atoms with Gasteiger partial charge in [-0.05, 0) is 24.1 Å². The van der Waals surface area contributed by atoms with Crippen molar-refractivity contribution in [1.82, 2.24) is 4.90 Å². The SMILES string of the molecule is NC1CN(C(=O)CCl)CCC1c1cccc(C(=O)O)c1. The standard InChI is InChI=1S/C14H17ClN2O3/c15-7-13(18)17-5-4-11(12(16)8-17)9-2-1-3-10(6-9)14(19)20/h1-3,6,11-12H,4-5,7-8,16H2,(H,19,20). The molecule has 1 aromatic carbocycles. The third-order valence-corrected chi connectivity index (χ3v) is 3.92. The van der Waals surface area contributed by atoms with Crippen LogP contribution < -0.4 is 5.73 Å². The zero-order valence-electron chi connectivity index (χ0n) is 11.0. The number of halogens is 1. The molecule has 0 saturated carbocycles. The first-order chi connectivity index (χ1) is 9.52. The lowest BCUT2D eigenvalue weighted by molar-refractivity contribution is -0.129. The van der Waals surface area contributed by atoms with Gasteiger partial charge >= 0.3 is 5.97 Å². The van der Waals surface area contributed by atoms with Crippen molar-refractivity contribution in [2.24, 2.45) is 5.73 Å². The van der Waals surface area contributed by atoms with E-state index in [2.05, 4.69) is 0 Å². The van der Waals surface area contributed by atoms with Gasteiger partial charge < -0.3 is 15.7 Å². The zero-order valence-corrected chi connectivity index (χ0v) is 11.7. The Hall–Kier alpha value is -1.59. The topological polar surface area (TPSA) is 83.6 Å². The van der Waals surface area contributed by atoms with Crippen molar-refractivity contribution in [2.45, 2.75) is 18.4 Å². The minimum absolute atomic E-state index is 0.0358. The molecule has 108 valence electrons. The van der Waals surface area contributed by atoms with Crippen molar-refractivity contribution in [3.05, 3.63) is 35.4 Å². The molecule has 20 heavy (non-hydrogen) atoms. The summed E-state index contributed by atoms with van der Waals surface area (Å²) in [6, 6.07) is 6.62. The van der Waals surface area contributed by atoms with E-state index in [0.717, 1.165) is 5.56 Å². The van der Waals surface area contributed by atoms with Crippen LogP contribution in [0.3, 0.4) is 0 Å². The molecule has 3 N–H and O–H groups in total. The van der Waals surface area contributed by atoms with Gasteiger partial charge in [0, 0.05) is 25.0 Å². The van der Waals surface area contributed by atoms with Crippen LogP contribution in [0.2, 0.25) is 0 Å². The first kappa shape index (κ1) is 14.8. The number of piperidine rings is 1. The van der Waals surface area contributed by atoms with Crippen LogP contribution >= 0.6 is 11.6 Å². The summed E-state index contributed by atoms with van der Waals surface area (Å²) in [7, 11) is 0. The predicted octanol–water partition coefficient (Wildman–Crippen LogP) is 1.27. The summed E-state index contributed by atoms with van der Waals surface area (Å²) in [4.78, 5) is 24.2. The molecule has 0 spiro atoms. The van der Waals surface area contributed by atoms with E-state index in [9.17, 15) is 9.59 Å². The molecular weight excluding hydrogens is 280 g/mol. The zero-order chi connectivity index (χ0) is 14.7.